The summed E-state index contributed by atoms with van der Waals surface area (Å²) in [6.07, 6.45) is 0. The summed E-state index contributed by atoms with van der Waals surface area (Å²) in [7, 11) is 1.55. The molecule has 0 fully saturated rings. The molecule has 2 rings (SSSR count). The van der Waals surface area contributed by atoms with Crippen molar-refractivity contribution >= 4 is 23.2 Å². The summed E-state index contributed by atoms with van der Waals surface area (Å²) in [6.45, 7) is 7.52. The van der Waals surface area contributed by atoms with E-state index in [4.69, 9.17) is 4.74 Å². The van der Waals surface area contributed by atoms with E-state index in [1.165, 1.54) is 11.8 Å². The largest absolute Gasteiger partial charge is 0.495 e. The SMILES string of the molecule is COc1ccccc1NC(=O)CN(C(C)=O)c1c(C)cccc1C(C)C. The van der Waals surface area contributed by atoms with Gasteiger partial charge in [-0.1, -0.05) is 44.2 Å². The molecule has 138 valence electrons. The van der Waals surface area contributed by atoms with Crippen LogP contribution in [0.1, 0.15) is 37.8 Å². The van der Waals surface area contributed by atoms with E-state index in [1.807, 2.05) is 37.3 Å². The highest BCUT2D eigenvalue weighted by atomic mass is 16.5. The van der Waals surface area contributed by atoms with E-state index in [9.17, 15) is 9.59 Å². The van der Waals surface area contributed by atoms with E-state index < -0.39 is 0 Å². The van der Waals surface area contributed by atoms with Gasteiger partial charge in [0, 0.05) is 6.92 Å². The number of rotatable bonds is 6. The van der Waals surface area contributed by atoms with Crippen LogP contribution in [0.2, 0.25) is 0 Å². The number of hydrogen-bond acceptors (Lipinski definition) is 3. The predicted molar refractivity (Wildman–Crippen MR) is 105 cm³/mol. The van der Waals surface area contributed by atoms with Crippen molar-refractivity contribution in [2.24, 2.45) is 0 Å². The van der Waals surface area contributed by atoms with Crippen LogP contribution >= 0.6 is 0 Å². The van der Waals surface area contributed by atoms with Crippen LogP contribution in [0.25, 0.3) is 0 Å². The van der Waals surface area contributed by atoms with Crippen molar-refractivity contribution in [2.75, 3.05) is 23.9 Å². The maximum atomic E-state index is 12.6. The third-order valence-electron chi connectivity index (χ3n) is 4.22. The average molecular weight is 354 g/mol. The van der Waals surface area contributed by atoms with Gasteiger partial charge in [-0.15, -0.1) is 0 Å². The molecule has 0 bridgehead atoms. The molecule has 0 atom stereocenters. The van der Waals surface area contributed by atoms with E-state index >= 15 is 0 Å². The molecular weight excluding hydrogens is 328 g/mol. The van der Waals surface area contributed by atoms with E-state index in [-0.39, 0.29) is 24.3 Å². The lowest BCUT2D eigenvalue weighted by Crippen LogP contribution is -2.37. The molecule has 5 nitrogen and oxygen atoms in total. The Morgan fingerprint density at radius 2 is 1.81 bits per heavy atom. The zero-order valence-electron chi connectivity index (χ0n) is 16.0. The lowest BCUT2D eigenvalue weighted by atomic mass is 9.97. The molecule has 0 saturated heterocycles. The number of methoxy groups -OCH3 is 1. The van der Waals surface area contributed by atoms with E-state index in [0.29, 0.717) is 11.4 Å². The Kier molecular flexibility index (Phi) is 6.39. The molecular formula is C21H26N2O3. The standard InChI is InChI=1S/C21H26N2O3/c1-14(2)17-10-8-9-15(3)21(17)23(16(4)24)13-20(25)22-18-11-6-7-12-19(18)26-5/h6-12,14H,13H2,1-5H3,(H,22,25). The van der Waals surface area contributed by atoms with Crippen molar-refractivity contribution in [3.05, 3.63) is 53.6 Å². The van der Waals surface area contributed by atoms with Crippen LogP contribution in [0, 0.1) is 6.92 Å². The highest BCUT2D eigenvalue weighted by Crippen LogP contribution is 2.31. The lowest BCUT2D eigenvalue weighted by Gasteiger charge is -2.27. The Morgan fingerprint density at radius 1 is 1.12 bits per heavy atom. The Morgan fingerprint density at radius 3 is 2.42 bits per heavy atom. The van der Waals surface area contributed by atoms with E-state index in [2.05, 4.69) is 19.2 Å². The van der Waals surface area contributed by atoms with Gasteiger partial charge in [-0.3, -0.25) is 9.59 Å². The number of benzene rings is 2. The van der Waals surface area contributed by atoms with Crippen LogP contribution in [-0.4, -0.2) is 25.5 Å². The van der Waals surface area contributed by atoms with Gasteiger partial charge < -0.3 is 15.0 Å². The zero-order valence-corrected chi connectivity index (χ0v) is 16.0. The Bertz CT molecular complexity index is 800. The fraction of sp³-hybridized carbons (Fsp3) is 0.333. The molecule has 2 aromatic carbocycles. The minimum Gasteiger partial charge on any atom is -0.495 e. The Hall–Kier alpha value is -2.82. The number of ether oxygens (including phenoxy) is 1. The van der Waals surface area contributed by atoms with Crippen LogP contribution in [0.4, 0.5) is 11.4 Å². The lowest BCUT2D eigenvalue weighted by molar-refractivity contribution is -0.120. The van der Waals surface area contributed by atoms with Crippen LogP contribution in [-0.2, 0) is 9.59 Å². The highest BCUT2D eigenvalue weighted by molar-refractivity contribution is 6.03. The molecule has 0 heterocycles. The molecule has 1 N–H and O–H groups in total. The van der Waals surface area contributed by atoms with Gasteiger partial charge in [0.15, 0.2) is 0 Å². The second-order valence-corrected chi connectivity index (χ2v) is 6.52. The summed E-state index contributed by atoms with van der Waals surface area (Å²) in [6, 6.07) is 13.1. The summed E-state index contributed by atoms with van der Waals surface area (Å²) >= 11 is 0. The first-order chi connectivity index (χ1) is 12.3. The first-order valence-electron chi connectivity index (χ1n) is 8.65. The molecule has 0 aliphatic heterocycles. The van der Waals surface area contributed by atoms with Crippen molar-refractivity contribution < 1.29 is 14.3 Å². The molecule has 26 heavy (non-hydrogen) atoms. The number of nitrogens with zero attached hydrogens (tertiary/aromatic N) is 1. The maximum absolute atomic E-state index is 12.6. The molecule has 0 aliphatic rings. The molecule has 2 amide bonds. The smallest absolute Gasteiger partial charge is 0.244 e. The molecule has 0 unspecified atom stereocenters. The average Bonchev–Trinajstić information content (AvgIpc) is 2.60. The van der Waals surface area contributed by atoms with E-state index in [1.54, 1.807) is 19.2 Å². The van der Waals surface area contributed by atoms with Gasteiger partial charge in [-0.25, -0.2) is 0 Å². The van der Waals surface area contributed by atoms with Crippen molar-refractivity contribution in [3.63, 3.8) is 0 Å². The topological polar surface area (TPSA) is 58.6 Å². The first kappa shape index (κ1) is 19.5. The van der Waals surface area contributed by atoms with Crippen LogP contribution in [0.3, 0.4) is 0 Å². The van der Waals surface area contributed by atoms with Crippen molar-refractivity contribution in [1.82, 2.24) is 0 Å². The second kappa shape index (κ2) is 8.52. The summed E-state index contributed by atoms with van der Waals surface area (Å²) in [4.78, 5) is 26.4. The quantitative estimate of drug-likeness (QED) is 0.849. The van der Waals surface area contributed by atoms with Crippen LogP contribution in [0.5, 0.6) is 5.75 Å². The summed E-state index contributed by atoms with van der Waals surface area (Å²) in [5, 5.41) is 2.83. The van der Waals surface area contributed by atoms with Gasteiger partial charge >= 0.3 is 0 Å². The van der Waals surface area contributed by atoms with Gasteiger partial charge in [0.2, 0.25) is 11.8 Å². The normalized spacial score (nSPS) is 10.5. The third-order valence-corrected chi connectivity index (χ3v) is 4.22. The van der Waals surface area contributed by atoms with Gasteiger partial charge in [-0.05, 0) is 36.1 Å². The second-order valence-electron chi connectivity index (χ2n) is 6.52. The minimum atomic E-state index is -0.275. The number of aryl methyl sites for hydroxylation is 1. The zero-order chi connectivity index (χ0) is 19.3. The number of carbonyl (C=O) groups is 2. The first-order valence-corrected chi connectivity index (χ1v) is 8.65. The summed E-state index contributed by atoms with van der Waals surface area (Å²) in [5.41, 5.74) is 3.41. The summed E-state index contributed by atoms with van der Waals surface area (Å²) < 4.78 is 5.26. The van der Waals surface area contributed by atoms with Crippen molar-refractivity contribution in [1.29, 1.82) is 0 Å². The Balaban J connectivity index is 2.30. The van der Waals surface area contributed by atoms with Crippen LogP contribution in [0.15, 0.2) is 42.5 Å². The minimum absolute atomic E-state index is 0.0576. The molecule has 0 aliphatic carbocycles. The number of nitrogens with one attached hydrogen (secondary N) is 1. The Labute approximate surface area is 155 Å². The van der Waals surface area contributed by atoms with Crippen LogP contribution < -0.4 is 15.0 Å². The fourth-order valence-electron chi connectivity index (χ4n) is 2.95. The van der Waals surface area contributed by atoms with Gasteiger partial charge in [-0.2, -0.15) is 0 Å². The van der Waals surface area contributed by atoms with Gasteiger partial charge in [0.25, 0.3) is 0 Å². The molecule has 0 aromatic heterocycles. The molecule has 5 heteroatoms. The third kappa shape index (κ3) is 4.42. The molecule has 2 aromatic rings. The molecule has 0 spiro atoms. The summed E-state index contributed by atoms with van der Waals surface area (Å²) in [5.74, 6) is 0.372. The molecule has 0 radical (unpaired) electrons. The number of carbonyl (C=O) groups excluding carboxylic acids is 2. The van der Waals surface area contributed by atoms with Gasteiger partial charge in [0.05, 0.1) is 18.5 Å². The highest BCUT2D eigenvalue weighted by Gasteiger charge is 2.22. The fourth-order valence-corrected chi connectivity index (χ4v) is 2.95. The maximum Gasteiger partial charge on any atom is 0.244 e. The monoisotopic (exact) mass is 354 g/mol. The molecule has 0 saturated carbocycles. The number of hydrogen-bond donors (Lipinski definition) is 1. The number of anilines is 2. The number of amides is 2. The van der Waals surface area contributed by atoms with Crippen molar-refractivity contribution in [2.45, 2.75) is 33.6 Å². The predicted octanol–water partition coefficient (Wildman–Crippen LogP) is 4.12. The van der Waals surface area contributed by atoms with Gasteiger partial charge in [0.1, 0.15) is 12.3 Å². The van der Waals surface area contributed by atoms with E-state index in [0.717, 1.165) is 16.8 Å². The van der Waals surface area contributed by atoms with Crippen molar-refractivity contribution in [3.8, 4) is 5.75 Å². The number of para-hydroxylation sites is 3.